The highest BCUT2D eigenvalue weighted by atomic mass is 79.9. The molecular weight excluding hydrogens is 348 g/mol. The van der Waals surface area contributed by atoms with E-state index < -0.39 is 0 Å². The van der Waals surface area contributed by atoms with E-state index in [0.29, 0.717) is 0 Å². The number of nitriles is 1. The Bertz CT molecular complexity index is 527. The van der Waals surface area contributed by atoms with Crippen LogP contribution in [-0.4, -0.2) is 38.8 Å². The number of thioether (sulfide) groups is 1. The van der Waals surface area contributed by atoms with Crippen LogP contribution >= 0.6 is 27.7 Å². The smallest absolute Gasteiger partial charge is 0.104 e. The molecule has 0 N–H and O–H groups in total. The normalized spacial score (nSPS) is 18.6. The number of halogens is 1. The first-order chi connectivity index (χ1) is 10.1. The second kappa shape index (κ2) is 7.17. The van der Waals surface area contributed by atoms with Gasteiger partial charge in [0.15, 0.2) is 0 Å². The highest BCUT2D eigenvalue weighted by molar-refractivity contribution is 9.10. The summed E-state index contributed by atoms with van der Waals surface area (Å²) in [4.78, 5) is 2.44. The Morgan fingerprint density at radius 3 is 2.52 bits per heavy atom. The summed E-state index contributed by atoms with van der Waals surface area (Å²) in [6.45, 7) is 8.05. The first-order valence-electron chi connectivity index (χ1n) is 7.52. The van der Waals surface area contributed by atoms with E-state index in [-0.39, 0.29) is 4.75 Å². The summed E-state index contributed by atoms with van der Waals surface area (Å²) < 4.78 is 3.09. The summed E-state index contributed by atoms with van der Waals surface area (Å²) in [5.41, 5.74) is 2.40. The van der Waals surface area contributed by atoms with Gasteiger partial charge in [0.1, 0.15) is 4.75 Å². The van der Waals surface area contributed by atoms with Gasteiger partial charge in [-0.05, 0) is 48.4 Å². The van der Waals surface area contributed by atoms with Crippen LogP contribution in [0.1, 0.15) is 38.1 Å². The fraction of sp³-hybridized carbons (Fsp3) is 0.733. The van der Waals surface area contributed by atoms with Crippen LogP contribution in [0.4, 0.5) is 0 Å². The molecule has 1 fully saturated rings. The maximum Gasteiger partial charge on any atom is 0.104 e. The van der Waals surface area contributed by atoms with Gasteiger partial charge in [0.05, 0.1) is 21.9 Å². The van der Waals surface area contributed by atoms with Gasteiger partial charge in [0, 0.05) is 26.2 Å². The minimum absolute atomic E-state index is 0.173. The van der Waals surface area contributed by atoms with Crippen molar-refractivity contribution in [2.75, 3.05) is 19.3 Å². The topological polar surface area (TPSA) is 44.9 Å². The van der Waals surface area contributed by atoms with E-state index in [1.165, 1.54) is 5.69 Å². The van der Waals surface area contributed by atoms with Crippen LogP contribution in [0.5, 0.6) is 0 Å². The Hall–Kier alpha value is -0.510. The van der Waals surface area contributed by atoms with Crippen LogP contribution in [0.25, 0.3) is 0 Å². The lowest BCUT2D eigenvalue weighted by molar-refractivity contribution is 0.203. The van der Waals surface area contributed by atoms with Gasteiger partial charge in [0.25, 0.3) is 0 Å². The monoisotopic (exact) mass is 370 g/mol. The third kappa shape index (κ3) is 3.46. The van der Waals surface area contributed by atoms with E-state index >= 15 is 0 Å². The molecule has 0 aliphatic carbocycles. The van der Waals surface area contributed by atoms with E-state index in [1.807, 2.05) is 0 Å². The van der Waals surface area contributed by atoms with Crippen LogP contribution in [0.3, 0.4) is 0 Å². The second-order valence-corrected chi connectivity index (χ2v) is 7.45. The third-order valence-electron chi connectivity index (χ3n) is 4.33. The van der Waals surface area contributed by atoms with E-state index in [4.69, 9.17) is 0 Å². The first-order valence-corrected chi connectivity index (χ1v) is 9.53. The largest absolute Gasteiger partial charge is 0.297 e. The number of hydrogen-bond donors (Lipinski definition) is 0. The van der Waals surface area contributed by atoms with Gasteiger partial charge in [-0.15, -0.1) is 11.8 Å². The first kappa shape index (κ1) is 16.9. The molecule has 0 amide bonds. The van der Waals surface area contributed by atoms with E-state index in [0.717, 1.165) is 55.6 Å². The molecule has 4 nitrogen and oxygen atoms in total. The number of piperidine rings is 1. The molecule has 0 aromatic carbocycles. The fourth-order valence-corrected chi connectivity index (χ4v) is 4.19. The van der Waals surface area contributed by atoms with Gasteiger partial charge in [-0.1, -0.05) is 6.92 Å². The molecule has 0 spiro atoms. The standard InChI is InChI=1S/C15H23BrN4S/c1-4-12-14(16)13(20(5-2)18-12)10-19-8-6-15(11-17,21-3)7-9-19/h4-10H2,1-3H3. The summed E-state index contributed by atoms with van der Waals surface area (Å²) in [5, 5.41) is 14.0. The Morgan fingerprint density at radius 2 is 2.05 bits per heavy atom. The van der Waals surface area contributed by atoms with Crippen LogP contribution in [0.2, 0.25) is 0 Å². The predicted octanol–water partition coefficient (Wildman–Crippen LogP) is 3.45. The van der Waals surface area contributed by atoms with Gasteiger partial charge in [-0.3, -0.25) is 9.58 Å². The van der Waals surface area contributed by atoms with Gasteiger partial charge in [-0.2, -0.15) is 10.4 Å². The molecule has 1 aliphatic rings. The lowest BCUT2D eigenvalue weighted by atomic mass is 9.97. The van der Waals surface area contributed by atoms with Crippen molar-refractivity contribution < 1.29 is 0 Å². The third-order valence-corrected chi connectivity index (χ3v) is 6.52. The number of nitrogens with zero attached hydrogens (tertiary/aromatic N) is 4. The number of hydrogen-bond acceptors (Lipinski definition) is 4. The van der Waals surface area contributed by atoms with Crippen molar-refractivity contribution in [2.24, 2.45) is 0 Å². The van der Waals surface area contributed by atoms with Gasteiger partial charge < -0.3 is 0 Å². The fourth-order valence-electron chi connectivity index (χ4n) is 2.81. The van der Waals surface area contributed by atoms with Crippen LogP contribution in [0, 0.1) is 11.3 Å². The molecule has 0 bridgehead atoms. The summed E-state index contributed by atoms with van der Waals surface area (Å²) >= 11 is 5.42. The molecule has 116 valence electrons. The number of aromatic nitrogens is 2. The minimum Gasteiger partial charge on any atom is -0.297 e. The Kier molecular flexibility index (Phi) is 5.75. The van der Waals surface area contributed by atoms with Gasteiger partial charge in [-0.25, -0.2) is 0 Å². The van der Waals surface area contributed by atoms with Crippen molar-refractivity contribution in [3.8, 4) is 6.07 Å². The highest BCUT2D eigenvalue weighted by Crippen LogP contribution is 2.34. The zero-order valence-corrected chi connectivity index (χ0v) is 15.4. The molecular formula is C15H23BrN4S. The second-order valence-electron chi connectivity index (χ2n) is 5.46. The van der Waals surface area contributed by atoms with Crippen molar-refractivity contribution in [1.29, 1.82) is 5.26 Å². The molecule has 0 radical (unpaired) electrons. The molecule has 0 unspecified atom stereocenters. The van der Waals surface area contributed by atoms with Crippen molar-refractivity contribution in [3.63, 3.8) is 0 Å². The molecule has 2 rings (SSSR count). The van der Waals surface area contributed by atoms with Crippen molar-refractivity contribution in [1.82, 2.24) is 14.7 Å². The van der Waals surface area contributed by atoms with E-state index in [1.54, 1.807) is 11.8 Å². The van der Waals surface area contributed by atoms with Crippen LogP contribution in [0.15, 0.2) is 4.47 Å². The SMILES string of the molecule is CCc1nn(CC)c(CN2CCC(C#N)(SC)CC2)c1Br. The number of likely N-dealkylation sites (tertiary alicyclic amines) is 1. The Labute approximate surface area is 140 Å². The summed E-state index contributed by atoms with van der Waals surface area (Å²) in [7, 11) is 0. The average molecular weight is 371 g/mol. The lowest BCUT2D eigenvalue weighted by Crippen LogP contribution is -2.41. The summed E-state index contributed by atoms with van der Waals surface area (Å²) in [6, 6.07) is 2.51. The van der Waals surface area contributed by atoms with Gasteiger partial charge >= 0.3 is 0 Å². The van der Waals surface area contributed by atoms with Crippen molar-refractivity contribution in [3.05, 3.63) is 15.9 Å². The quantitative estimate of drug-likeness (QED) is 0.795. The molecule has 1 aromatic rings. The van der Waals surface area contributed by atoms with Crippen molar-refractivity contribution in [2.45, 2.75) is 50.9 Å². The molecule has 1 aliphatic heterocycles. The number of aryl methyl sites for hydroxylation is 2. The molecule has 0 saturated carbocycles. The minimum atomic E-state index is -0.173. The van der Waals surface area contributed by atoms with Crippen molar-refractivity contribution >= 4 is 27.7 Å². The Balaban J connectivity index is 2.07. The van der Waals surface area contributed by atoms with Gasteiger partial charge in [0.2, 0.25) is 0 Å². The summed E-state index contributed by atoms with van der Waals surface area (Å²) in [5.74, 6) is 0. The van der Waals surface area contributed by atoms with E-state index in [2.05, 4.69) is 56.8 Å². The molecule has 1 saturated heterocycles. The summed E-state index contributed by atoms with van der Waals surface area (Å²) in [6.07, 6.45) is 4.89. The predicted molar refractivity (Wildman–Crippen MR) is 91.3 cm³/mol. The lowest BCUT2D eigenvalue weighted by Gasteiger charge is -2.36. The average Bonchev–Trinajstić information content (AvgIpc) is 2.84. The Morgan fingerprint density at radius 1 is 1.38 bits per heavy atom. The molecule has 0 atom stereocenters. The maximum atomic E-state index is 9.37. The maximum absolute atomic E-state index is 9.37. The highest BCUT2D eigenvalue weighted by Gasteiger charge is 2.34. The number of rotatable bonds is 5. The molecule has 1 aromatic heterocycles. The van der Waals surface area contributed by atoms with Crippen LogP contribution < -0.4 is 0 Å². The van der Waals surface area contributed by atoms with E-state index in [9.17, 15) is 5.26 Å². The molecule has 21 heavy (non-hydrogen) atoms. The zero-order valence-electron chi connectivity index (χ0n) is 13.0. The zero-order chi connectivity index (χ0) is 15.5. The van der Waals surface area contributed by atoms with Crippen LogP contribution in [-0.2, 0) is 19.5 Å². The molecule has 6 heteroatoms. The molecule has 2 heterocycles.